The van der Waals surface area contributed by atoms with E-state index in [0.29, 0.717) is 47.7 Å². The maximum Gasteiger partial charge on any atom is 0.257 e. The largest absolute Gasteiger partial charge is 0.493 e. The Morgan fingerprint density at radius 3 is 2.67 bits per heavy atom. The number of ether oxygens (including phenoxy) is 2. The molecule has 4 rings (SSSR count). The van der Waals surface area contributed by atoms with Crippen LogP contribution in [-0.4, -0.2) is 40.5 Å². The van der Waals surface area contributed by atoms with E-state index in [2.05, 4.69) is 29.2 Å². The van der Waals surface area contributed by atoms with Crippen molar-refractivity contribution in [2.45, 2.75) is 33.2 Å². The zero-order valence-corrected chi connectivity index (χ0v) is 17.5. The van der Waals surface area contributed by atoms with Gasteiger partial charge in [-0.25, -0.2) is 9.50 Å². The van der Waals surface area contributed by atoms with Gasteiger partial charge in [-0.05, 0) is 29.5 Å². The highest BCUT2D eigenvalue weighted by Crippen LogP contribution is 2.34. The van der Waals surface area contributed by atoms with Crippen molar-refractivity contribution in [1.29, 1.82) is 0 Å². The molecule has 1 amide bonds. The number of carbonyl (C=O) groups excluding carboxylic acids is 2. The monoisotopic (exact) mass is 408 g/mol. The average molecular weight is 408 g/mol. The van der Waals surface area contributed by atoms with Gasteiger partial charge in [-0.1, -0.05) is 19.9 Å². The molecule has 1 aliphatic rings. The number of nitrogens with zero attached hydrogens (tertiary/aromatic N) is 3. The van der Waals surface area contributed by atoms with Gasteiger partial charge in [-0.15, -0.1) is 0 Å². The summed E-state index contributed by atoms with van der Waals surface area (Å²) in [6, 6.07) is 5.47. The van der Waals surface area contributed by atoms with Crippen molar-refractivity contribution in [3.63, 3.8) is 0 Å². The molecule has 1 aromatic carbocycles. The van der Waals surface area contributed by atoms with Gasteiger partial charge in [0.25, 0.3) is 5.91 Å². The minimum Gasteiger partial charge on any atom is -0.493 e. The standard InChI is InChI=1S/C22H24N4O4/c1-22(2)8-16-14(17(27)9-22)11-23-20-15(12-25-26(16)20)21(28)24-10-13-5-6-18(29-3)19(7-13)30-4/h5-7,11-12H,8-10H2,1-4H3,(H,24,28). The third kappa shape index (κ3) is 3.49. The average Bonchev–Trinajstić information content (AvgIpc) is 3.15. The van der Waals surface area contributed by atoms with Gasteiger partial charge in [0.2, 0.25) is 0 Å². The Balaban J connectivity index is 1.58. The van der Waals surface area contributed by atoms with Crippen LogP contribution in [0.2, 0.25) is 0 Å². The summed E-state index contributed by atoms with van der Waals surface area (Å²) in [7, 11) is 3.14. The number of amides is 1. The van der Waals surface area contributed by atoms with E-state index in [9.17, 15) is 9.59 Å². The van der Waals surface area contributed by atoms with E-state index in [1.54, 1.807) is 31.0 Å². The predicted molar refractivity (Wildman–Crippen MR) is 110 cm³/mol. The third-order valence-corrected chi connectivity index (χ3v) is 5.36. The summed E-state index contributed by atoms with van der Waals surface area (Å²) in [5.74, 6) is 1.00. The van der Waals surface area contributed by atoms with Gasteiger partial charge < -0.3 is 14.8 Å². The highest BCUT2D eigenvalue weighted by atomic mass is 16.5. The quantitative estimate of drug-likeness (QED) is 0.698. The van der Waals surface area contributed by atoms with Crippen LogP contribution in [-0.2, 0) is 13.0 Å². The molecule has 0 bridgehead atoms. The number of ketones is 1. The summed E-state index contributed by atoms with van der Waals surface area (Å²) >= 11 is 0. The first-order valence-electron chi connectivity index (χ1n) is 9.71. The van der Waals surface area contributed by atoms with Crippen molar-refractivity contribution in [1.82, 2.24) is 19.9 Å². The molecule has 8 heteroatoms. The van der Waals surface area contributed by atoms with E-state index in [-0.39, 0.29) is 17.1 Å². The first-order valence-corrected chi connectivity index (χ1v) is 9.71. The lowest BCUT2D eigenvalue weighted by atomic mass is 9.76. The van der Waals surface area contributed by atoms with Crippen molar-refractivity contribution < 1.29 is 19.1 Å². The Kier molecular flexibility index (Phi) is 4.93. The summed E-state index contributed by atoms with van der Waals surface area (Å²) in [6.45, 7) is 4.42. The van der Waals surface area contributed by atoms with Gasteiger partial charge in [0.05, 0.1) is 31.7 Å². The number of Topliss-reactive ketones (excluding diaryl/α,β-unsaturated/α-hetero) is 1. The maximum absolute atomic E-state index is 12.8. The lowest BCUT2D eigenvalue weighted by Crippen LogP contribution is -2.29. The smallest absolute Gasteiger partial charge is 0.257 e. The van der Waals surface area contributed by atoms with E-state index < -0.39 is 0 Å². The number of hydrogen-bond acceptors (Lipinski definition) is 6. The molecule has 0 unspecified atom stereocenters. The molecule has 30 heavy (non-hydrogen) atoms. The lowest BCUT2D eigenvalue weighted by Gasteiger charge is -2.29. The van der Waals surface area contributed by atoms with Crippen LogP contribution in [0.25, 0.3) is 5.65 Å². The van der Waals surface area contributed by atoms with Crippen molar-refractivity contribution in [2.75, 3.05) is 14.2 Å². The molecule has 0 fully saturated rings. The second kappa shape index (κ2) is 7.44. The Morgan fingerprint density at radius 1 is 1.17 bits per heavy atom. The minimum atomic E-state index is -0.284. The van der Waals surface area contributed by atoms with Gasteiger partial charge in [0.15, 0.2) is 22.9 Å². The van der Waals surface area contributed by atoms with Gasteiger partial charge in [0.1, 0.15) is 5.56 Å². The predicted octanol–water partition coefficient (Wildman–Crippen LogP) is 2.83. The van der Waals surface area contributed by atoms with Crippen molar-refractivity contribution in [3.05, 3.63) is 53.0 Å². The van der Waals surface area contributed by atoms with Crippen LogP contribution in [0.5, 0.6) is 11.5 Å². The van der Waals surface area contributed by atoms with Crippen LogP contribution in [0.4, 0.5) is 0 Å². The van der Waals surface area contributed by atoms with Gasteiger partial charge in [-0.3, -0.25) is 9.59 Å². The van der Waals surface area contributed by atoms with Crippen LogP contribution in [0.15, 0.2) is 30.6 Å². The molecular formula is C22H24N4O4. The first-order chi connectivity index (χ1) is 14.3. The molecule has 0 saturated carbocycles. The van der Waals surface area contributed by atoms with E-state index in [1.807, 2.05) is 12.1 Å². The molecule has 1 aliphatic carbocycles. The first kappa shape index (κ1) is 19.9. The molecule has 0 aliphatic heterocycles. The third-order valence-electron chi connectivity index (χ3n) is 5.36. The van der Waals surface area contributed by atoms with E-state index in [0.717, 1.165) is 11.3 Å². The van der Waals surface area contributed by atoms with E-state index in [1.165, 1.54) is 6.20 Å². The second-order valence-electron chi connectivity index (χ2n) is 8.23. The molecule has 0 atom stereocenters. The fourth-order valence-electron chi connectivity index (χ4n) is 3.86. The molecule has 156 valence electrons. The molecule has 2 heterocycles. The second-order valence-corrected chi connectivity index (χ2v) is 8.23. The fraction of sp³-hybridized carbons (Fsp3) is 0.364. The van der Waals surface area contributed by atoms with Gasteiger partial charge >= 0.3 is 0 Å². The lowest BCUT2D eigenvalue weighted by molar-refractivity contribution is 0.0907. The van der Waals surface area contributed by atoms with Crippen LogP contribution < -0.4 is 14.8 Å². The highest BCUT2D eigenvalue weighted by molar-refractivity contribution is 6.01. The Morgan fingerprint density at radius 2 is 1.93 bits per heavy atom. The topological polar surface area (TPSA) is 94.8 Å². The Labute approximate surface area is 174 Å². The molecule has 0 saturated heterocycles. The number of nitrogens with one attached hydrogen (secondary N) is 1. The van der Waals surface area contributed by atoms with Crippen LogP contribution in [0.3, 0.4) is 0 Å². The van der Waals surface area contributed by atoms with Crippen molar-refractivity contribution in [2.24, 2.45) is 5.41 Å². The molecular weight excluding hydrogens is 384 g/mol. The van der Waals surface area contributed by atoms with Crippen molar-refractivity contribution >= 4 is 17.3 Å². The SMILES string of the molecule is COc1ccc(CNC(=O)c2cnn3c4c(cnc23)C(=O)CC(C)(C)C4)cc1OC. The van der Waals surface area contributed by atoms with Crippen molar-refractivity contribution in [3.8, 4) is 11.5 Å². The molecule has 8 nitrogen and oxygen atoms in total. The molecule has 0 spiro atoms. The number of hydrogen-bond donors (Lipinski definition) is 1. The normalized spacial score (nSPS) is 15.0. The summed E-state index contributed by atoms with van der Waals surface area (Å²) in [5, 5.41) is 7.25. The van der Waals surface area contributed by atoms with Crippen LogP contribution in [0, 0.1) is 5.41 Å². The summed E-state index contributed by atoms with van der Waals surface area (Å²) in [5.41, 5.74) is 2.93. The number of benzene rings is 1. The van der Waals surface area contributed by atoms with Gasteiger partial charge in [-0.2, -0.15) is 5.10 Å². The summed E-state index contributed by atoms with van der Waals surface area (Å²) < 4.78 is 12.2. The van der Waals surface area contributed by atoms with Crippen LogP contribution >= 0.6 is 0 Å². The Hall–Kier alpha value is -3.42. The highest BCUT2D eigenvalue weighted by Gasteiger charge is 2.33. The number of methoxy groups -OCH3 is 2. The van der Waals surface area contributed by atoms with E-state index in [4.69, 9.17) is 9.47 Å². The minimum absolute atomic E-state index is 0.0607. The molecule has 2 aromatic heterocycles. The van der Waals surface area contributed by atoms with Crippen LogP contribution in [0.1, 0.15) is 52.2 Å². The maximum atomic E-state index is 12.8. The number of fused-ring (bicyclic) bond motifs is 3. The summed E-state index contributed by atoms with van der Waals surface area (Å²) in [4.78, 5) is 29.6. The zero-order valence-electron chi connectivity index (χ0n) is 17.5. The number of carbonyl (C=O) groups is 2. The summed E-state index contributed by atoms with van der Waals surface area (Å²) in [6.07, 6.45) is 4.24. The van der Waals surface area contributed by atoms with Gasteiger partial charge in [0, 0.05) is 19.2 Å². The molecule has 1 N–H and O–H groups in total. The van der Waals surface area contributed by atoms with E-state index >= 15 is 0 Å². The number of aromatic nitrogens is 3. The molecule has 0 radical (unpaired) electrons. The zero-order chi connectivity index (χ0) is 21.5. The molecule has 3 aromatic rings. The number of rotatable bonds is 5. The Bertz CT molecular complexity index is 1150. The fourth-order valence-corrected chi connectivity index (χ4v) is 3.86.